The van der Waals surface area contributed by atoms with Crippen LogP contribution in [0.4, 0.5) is 22.7 Å². The van der Waals surface area contributed by atoms with E-state index in [-0.39, 0.29) is 5.69 Å². The van der Waals surface area contributed by atoms with E-state index in [2.05, 4.69) is 5.32 Å². The number of nitrogen functional groups attached to an aromatic ring is 1. The van der Waals surface area contributed by atoms with Crippen molar-refractivity contribution in [3.05, 3.63) is 57.1 Å². The molecule has 2 aromatic carbocycles. The molecule has 0 radical (unpaired) electrons. The molecule has 0 aliphatic carbocycles. The number of hydrogen-bond donors (Lipinski definition) is 2. The first kappa shape index (κ1) is 13.2. The van der Waals surface area contributed by atoms with Crippen LogP contribution in [0.1, 0.15) is 5.56 Å². The Labute approximate surface area is 115 Å². The van der Waals surface area contributed by atoms with Crippen molar-refractivity contribution >= 4 is 34.4 Å². The van der Waals surface area contributed by atoms with E-state index >= 15 is 0 Å². The van der Waals surface area contributed by atoms with Gasteiger partial charge in [-0.05, 0) is 30.7 Å². The van der Waals surface area contributed by atoms with E-state index in [1.165, 1.54) is 12.1 Å². The maximum Gasteiger partial charge on any atom is 0.271 e. The van der Waals surface area contributed by atoms with Crippen LogP contribution in [-0.2, 0) is 0 Å². The molecule has 0 heterocycles. The zero-order valence-electron chi connectivity index (χ0n) is 10.2. The molecule has 2 rings (SSSR count). The normalized spacial score (nSPS) is 10.2. The molecule has 2 aromatic rings. The molecule has 0 fully saturated rings. The Morgan fingerprint density at radius 2 is 1.89 bits per heavy atom. The number of hydrogen-bond acceptors (Lipinski definition) is 4. The first-order chi connectivity index (χ1) is 8.97. The Kier molecular flexibility index (Phi) is 3.57. The quantitative estimate of drug-likeness (QED) is 0.507. The fourth-order valence-corrected chi connectivity index (χ4v) is 1.93. The predicted molar refractivity (Wildman–Crippen MR) is 77.0 cm³/mol. The Hall–Kier alpha value is -2.27. The highest BCUT2D eigenvalue weighted by Gasteiger charge is 2.09. The molecule has 98 valence electrons. The third kappa shape index (κ3) is 2.95. The topological polar surface area (TPSA) is 81.2 Å². The third-order valence-electron chi connectivity index (χ3n) is 2.64. The van der Waals surface area contributed by atoms with Crippen LogP contribution in [0.3, 0.4) is 0 Å². The standard InChI is InChI=1S/C13H12ClN3O2/c1-8-2-4-12(10(14)6-8)16-13-5-3-9(17(18)19)7-11(13)15/h2-7,16H,15H2,1H3. The lowest BCUT2D eigenvalue weighted by atomic mass is 10.2. The maximum absolute atomic E-state index is 10.6. The number of nitrogens with one attached hydrogen (secondary N) is 1. The number of non-ortho nitro benzene ring substituents is 1. The van der Waals surface area contributed by atoms with Crippen LogP contribution in [-0.4, -0.2) is 4.92 Å². The molecule has 0 bridgehead atoms. The van der Waals surface area contributed by atoms with Crippen molar-refractivity contribution in [3.8, 4) is 0 Å². The molecule has 5 nitrogen and oxygen atoms in total. The van der Waals surface area contributed by atoms with E-state index in [0.29, 0.717) is 22.1 Å². The largest absolute Gasteiger partial charge is 0.397 e. The molecule has 0 saturated carbocycles. The molecule has 6 heteroatoms. The molecule has 0 amide bonds. The zero-order chi connectivity index (χ0) is 14.0. The lowest BCUT2D eigenvalue weighted by molar-refractivity contribution is -0.384. The molecule has 0 atom stereocenters. The Morgan fingerprint density at radius 1 is 1.21 bits per heavy atom. The van der Waals surface area contributed by atoms with Gasteiger partial charge in [0.15, 0.2) is 0 Å². The second-order valence-corrected chi connectivity index (χ2v) is 4.54. The summed E-state index contributed by atoms with van der Waals surface area (Å²) in [5.74, 6) is 0. The Morgan fingerprint density at radius 3 is 2.47 bits per heavy atom. The van der Waals surface area contributed by atoms with E-state index in [1.54, 1.807) is 6.07 Å². The zero-order valence-corrected chi connectivity index (χ0v) is 10.9. The summed E-state index contributed by atoms with van der Waals surface area (Å²) in [7, 11) is 0. The monoisotopic (exact) mass is 277 g/mol. The summed E-state index contributed by atoms with van der Waals surface area (Å²) in [6, 6.07) is 9.83. The predicted octanol–water partition coefficient (Wildman–Crippen LogP) is 3.88. The summed E-state index contributed by atoms with van der Waals surface area (Å²) in [4.78, 5) is 10.1. The van der Waals surface area contributed by atoms with E-state index < -0.39 is 4.92 Å². The summed E-state index contributed by atoms with van der Waals surface area (Å²) in [5, 5.41) is 14.2. The lowest BCUT2D eigenvalue weighted by Gasteiger charge is -2.11. The highest BCUT2D eigenvalue weighted by Crippen LogP contribution is 2.30. The van der Waals surface area contributed by atoms with E-state index in [9.17, 15) is 10.1 Å². The second-order valence-electron chi connectivity index (χ2n) is 4.14. The van der Waals surface area contributed by atoms with Crippen molar-refractivity contribution in [2.75, 3.05) is 11.1 Å². The van der Waals surface area contributed by atoms with Crippen molar-refractivity contribution in [2.24, 2.45) is 0 Å². The van der Waals surface area contributed by atoms with Crippen molar-refractivity contribution in [1.29, 1.82) is 0 Å². The minimum Gasteiger partial charge on any atom is -0.397 e. The number of aryl methyl sites for hydroxylation is 1. The van der Waals surface area contributed by atoms with Crippen LogP contribution in [0.15, 0.2) is 36.4 Å². The number of nitro benzene ring substituents is 1. The fourth-order valence-electron chi connectivity index (χ4n) is 1.64. The number of benzene rings is 2. The minimum absolute atomic E-state index is 0.0435. The number of halogens is 1. The summed E-state index contributed by atoms with van der Waals surface area (Å²) < 4.78 is 0. The van der Waals surface area contributed by atoms with Crippen molar-refractivity contribution < 1.29 is 4.92 Å². The fraction of sp³-hybridized carbons (Fsp3) is 0.0769. The van der Waals surface area contributed by atoms with Gasteiger partial charge in [-0.3, -0.25) is 10.1 Å². The molecule has 0 aliphatic rings. The minimum atomic E-state index is -0.487. The highest BCUT2D eigenvalue weighted by atomic mass is 35.5. The van der Waals surface area contributed by atoms with Gasteiger partial charge in [-0.2, -0.15) is 0 Å². The number of nitro groups is 1. The first-order valence-corrected chi connectivity index (χ1v) is 5.92. The van der Waals surface area contributed by atoms with Gasteiger partial charge < -0.3 is 11.1 Å². The SMILES string of the molecule is Cc1ccc(Nc2ccc([N+](=O)[O-])cc2N)c(Cl)c1. The van der Waals surface area contributed by atoms with Crippen LogP contribution >= 0.6 is 11.6 Å². The van der Waals surface area contributed by atoms with E-state index in [4.69, 9.17) is 17.3 Å². The lowest BCUT2D eigenvalue weighted by Crippen LogP contribution is -1.98. The van der Waals surface area contributed by atoms with E-state index in [1.807, 2.05) is 25.1 Å². The summed E-state index contributed by atoms with van der Waals surface area (Å²) >= 11 is 6.10. The summed E-state index contributed by atoms with van der Waals surface area (Å²) in [6.07, 6.45) is 0. The molecule has 0 aromatic heterocycles. The van der Waals surface area contributed by atoms with Gasteiger partial charge in [-0.1, -0.05) is 17.7 Å². The maximum atomic E-state index is 10.6. The average Bonchev–Trinajstić information content (AvgIpc) is 2.34. The average molecular weight is 278 g/mol. The highest BCUT2D eigenvalue weighted by molar-refractivity contribution is 6.33. The molecule has 0 unspecified atom stereocenters. The molecular weight excluding hydrogens is 266 g/mol. The van der Waals surface area contributed by atoms with Crippen LogP contribution in [0, 0.1) is 17.0 Å². The molecule has 3 N–H and O–H groups in total. The second kappa shape index (κ2) is 5.16. The number of nitrogens with two attached hydrogens (primary N) is 1. The van der Waals surface area contributed by atoms with Gasteiger partial charge in [0.2, 0.25) is 0 Å². The van der Waals surface area contributed by atoms with Gasteiger partial charge in [0, 0.05) is 12.1 Å². The van der Waals surface area contributed by atoms with Crippen LogP contribution in [0.2, 0.25) is 5.02 Å². The first-order valence-electron chi connectivity index (χ1n) is 5.54. The molecule has 0 aliphatic heterocycles. The summed E-state index contributed by atoms with van der Waals surface area (Å²) in [6.45, 7) is 1.94. The van der Waals surface area contributed by atoms with Crippen molar-refractivity contribution in [3.63, 3.8) is 0 Å². The van der Waals surface area contributed by atoms with Crippen molar-refractivity contribution in [1.82, 2.24) is 0 Å². The number of nitrogens with zero attached hydrogens (tertiary/aromatic N) is 1. The van der Waals surface area contributed by atoms with Gasteiger partial charge in [-0.25, -0.2) is 0 Å². The number of anilines is 3. The van der Waals surface area contributed by atoms with Crippen LogP contribution in [0.5, 0.6) is 0 Å². The molecule has 0 saturated heterocycles. The van der Waals surface area contributed by atoms with Gasteiger partial charge in [0.05, 0.1) is 27.0 Å². The summed E-state index contributed by atoms with van der Waals surface area (Å²) in [5.41, 5.74) is 8.36. The van der Waals surface area contributed by atoms with Gasteiger partial charge in [0.1, 0.15) is 0 Å². The van der Waals surface area contributed by atoms with Gasteiger partial charge >= 0.3 is 0 Å². The van der Waals surface area contributed by atoms with Crippen LogP contribution in [0.25, 0.3) is 0 Å². The van der Waals surface area contributed by atoms with Gasteiger partial charge in [-0.15, -0.1) is 0 Å². The Balaban J connectivity index is 2.31. The molecule has 19 heavy (non-hydrogen) atoms. The Bertz CT molecular complexity index is 644. The molecule has 0 spiro atoms. The van der Waals surface area contributed by atoms with Crippen molar-refractivity contribution in [2.45, 2.75) is 6.92 Å². The molecular formula is C13H12ClN3O2. The van der Waals surface area contributed by atoms with E-state index in [0.717, 1.165) is 5.56 Å². The number of rotatable bonds is 3. The smallest absolute Gasteiger partial charge is 0.271 e. The van der Waals surface area contributed by atoms with Gasteiger partial charge in [0.25, 0.3) is 5.69 Å². The third-order valence-corrected chi connectivity index (χ3v) is 2.95. The van der Waals surface area contributed by atoms with Crippen LogP contribution < -0.4 is 11.1 Å².